The van der Waals surface area contributed by atoms with Gasteiger partial charge in [0.25, 0.3) is 0 Å². The van der Waals surface area contributed by atoms with E-state index in [1.54, 1.807) is 12.1 Å². The average Bonchev–Trinajstić information content (AvgIpc) is 2.15. The summed E-state index contributed by atoms with van der Waals surface area (Å²) in [6, 6.07) is 4.89. The third kappa shape index (κ3) is 2.24. The predicted molar refractivity (Wildman–Crippen MR) is 54.0 cm³/mol. The van der Waals surface area contributed by atoms with Crippen LogP contribution in [-0.2, 0) is 16.4 Å². The van der Waals surface area contributed by atoms with Crippen LogP contribution in [0.1, 0.15) is 5.56 Å². The number of methoxy groups -OCH3 is 1. The number of rotatable bonds is 3. The highest BCUT2D eigenvalue weighted by Crippen LogP contribution is 2.24. The summed E-state index contributed by atoms with van der Waals surface area (Å²) in [6.07, 6.45) is 1.14. The molecule has 0 saturated carbocycles. The lowest BCUT2D eigenvalue weighted by atomic mass is 10.2. The van der Waals surface area contributed by atoms with Crippen molar-refractivity contribution < 1.29 is 13.2 Å². The Kier molecular flexibility index (Phi) is 3.13. The van der Waals surface area contributed by atoms with E-state index < -0.39 is 9.84 Å². The molecule has 0 amide bonds. The summed E-state index contributed by atoms with van der Waals surface area (Å²) >= 11 is 0. The largest absolute Gasteiger partial charge is 0.495 e. The van der Waals surface area contributed by atoms with Gasteiger partial charge in [-0.05, 0) is 17.7 Å². The van der Waals surface area contributed by atoms with Crippen molar-refractivity contribution in [1.29, 1.82) is 0 Å². The van der Waals surface area contributed by atoms with Crippen molar-refractivity contribution in [2.24, 2.45) is 5.73 Å². The fourth-order valence-corrected chi connectivity index (χ4v) is 2.02. The van der Waals surface area contributed by atoms with Crippen LogP contribution in [0.3, 0.4) is 0 Å². The van der Waals surface area contributed by atoms with Gasteiger partial charge in [-0.1, -0.05) is 6.07 Å². The van der Waals surface area contributed by atoms with Crippen LogP contribution in [0.5, 0.6) is 5.75 Å². The number of sulfone groups is 1. The molecular weight excluding hydrogens is 202 g/mol. The standard InChI is InChI=1S/C9H13NO3S/c1-13-8-4-3-7(6-10)5-9(8)14(2,11)12/h3-5H,6,10H2,1-2H3. The highest BCUT2D eigenvalue weighted by molar-refractivity contribution is 7.90. The summed E-state index contributed by atoms with van der Waals surface area (Å²) in [6.45, 7) is 0.312. The van der Waals surface area contributed by atoms with Crippen molar-refractivity contribution in [2.45, 2.75) is 11.4 Å². The second-order valence-electron chi connectivity index (χ2n) is 2.96. The van der Waals surface area contributed by atoms with Gasteiger partial charge in [0.1, 0.15) is 10.6 Å². The molecule has 0 aliphatic heterocycles. The molecule has 0 bridgehead atoms. The van der Waals surface area contributed by atoms with Crippen LogP contribution in [0.15, 0.2) is 23.1 Å². The van der Waals surface area contributed by atoms with Crippen molar-refractivity contribution >= 4 is 9.84 Å². The molecule has 0 aliphatic carbocycles. The van der Waals surface area contributed by atoms with E-state index in [4.69, 9.17) is 10.5 Å². The van der Waals surface area contributed by atoms with Gasteiger partial charge in [-0.2, -0.15) is 0 Å². The fourth-order valence-electron chi connectivity index (χ4n) is 1.14. The number of hydrogen-bond donors (Lipinski definition) is 1. The molecule has 0 unspecified atom stereocenters. The van der Waals surface area contributed by atoms with Crippen LogP contribution in [0, 0.1) is 0 Å². The maximum atomic E-state index is 11.4. The lowest BCUT2D eigenvalue weighted by Gasteiger charge is -2.07. The zero-order chi connectivity index (χ0) is 10.8. The van der Waals surface area contributed by atoms with E-state index in [0.29, 0.717) is 12.3 Å². The Morgan fingerprint density at radius 1 is 1.43 bits per heavy atom. The molecule has 0 atom stereocenters. The minimum atomic E-state index is -3.26. The Morgan fingerprint density at radius 3 is 2.50 bits per heavy atom. The van der Waals surface area contributed by atoms with Crippen LogP contribution in [0.25, 0.3) is 0 Å². The van der Waals surface area contributed by atoms with E-state index >= 15 is 0 Å². The van der Waals surface area contributed by atoms with Gasteiger partial charge in [0.2, 0.25) is 0 Å². The molecular formula is C9H13NO3S. The highest BCUT2D eigenvalue weighted by Gasteiger charge is 2.14. The molecule has 0 saturated heterocycles. The molecule has 5 heteroatoms. The van der Waals surface area contributed by atoms with Crippen molar-refractivity contribution in [3.8, 4) is 5.75 Å². The Hall–Kier alpha value is -1.07. The van der Waals surface area contributed by atoms with Crippen molar-refractivity contribution in [2.75, 3.05) is 13.4 Å². The first kappa shape index (κ1) is 11.0. The molecule has 1 aromatic carbocycles. The predicted octanol–water partition coefficient (Wildman–Crippen LogP) is 0.557. The van der Waals surface area contributed by atoms with E-state index in [1.807, 2.05) is 0 Å². The molecule has 0 aromatic heterocycles. The summed E-state index contributed by atoms with van der Waals surface area (Å²) in [4.78, 5) is 0.183. The van der Waals surface area contributed by atoms with Gasteiger partial charge in [-0.15, -0.1) is 0 Å². The summed E-state index contributed by atoms with van der Waals surface area (Å²) in [5, 5.41) is 0. The Morgan fingerprint density at radius 2 is 2.07 bits per heavy atom. The van der Waals surface area contributed by atoms with Crippen molar-refractivity contribution in [3.63, 3.8) is 0 Å². The molecule has 78 valence electrons. The van der Waals surface area contributed by atoms with Gasteiger partial charge in [-0.3, -0.25) is 0 Å². The zero-order valence-electron chi connectivity index (χ0n) is 8.15. The third-order valence-corrected chi connectivity index (χ3v) is 2.98. The molecule has 0 aliphatic rings. The first-order valence-corrected chi connectivity index (χ1v) is 5.95. The van der Waals surface area contributed by atoms with E-state index in [1.165, 1.54) is 13.2 Å². The monoisotopic (exact) mass is 215 g/mol. The molecule has 0 spiro atoms. The molecule has 4 nitrogen and oxygen atoms in total. The number of benzene rings is 1. The summed E-state index contributed by atoms with van der Waals surface area (Å²) in [7, 11) is -1.82. The molecule has 1 rings (SSSR count). The third-order valence-electron chi connectivity index (χ3n) is 1.86. The van der Waals surface area contributed by atoms with E-state index in [-0.39, 0.29) is 4.90 Å². The lowest BCUT2D eigenvalue weighted by molar-refractivity contribution is 0.402. The Balaban J connectivity index is 3.37. The normalized spacial score (nSPS) is 11.4. The maximum Gasteiger partial charge on any atom is 0.179 e. The maximum absolute atomic E-state index is 11.4. The molecule has 0 heterocycles. The minimum Gasteiger partial charge on any atom is -0.495 e. The summed E-state index contributed by atoms with van der Waals surface area (Å²) in [5.74, 6) is 0.352. The van der Waals surface area contributed by atoms with Crippen molar-refractivity contribution in [3.05, 3.63) is 23.8 Å². The van der Waals surface area contributed by atoms with Crippen LogP contribution >= 0.6 is 0 Å². The number of ether oxygens (including phenoxy) is 1. The lowest BCUT2D eigenvalue weighted by Crippen LogP contribution is -2.03. The summed E-state index contributed by atoms with van der Waals surface area (Å²) in [5.41, 5.74) is 6.19. The first-order valence-electron chi connectivity index (χ1n) is 4.06. The van der Waals surface area contributed by atoms with Gasteiger partial charge in [0.15, 0.2) is 9.84 Å². The Bertz CT molecular complexity index is 426. The highest BCUT2D eigenvalue weighted by atomic mass is 32.2. The average molecular weight is 215 g/mol. The summed E-state index contributed by atoms with van der Waals surface area (Å²) < 4.78 is 27.7. The van der Waals surface area contributed by atoms with Crippen molar-refractivity contribution in [1.82, 2.24) is 0 Å². The molecule has 2 N–H and O–H groups in total. The molecule has 1 aromatic rings. The second kappa shape index (κ2) is 3.98. The first-order chi connectivity index (χ1) is 6.49. The molecule has 0 radical (unpaired) electrons. The van der Waals surface area contributed by atoms with E-state index in [2.05, 4.69) is 0 Å². The van der Waals surface area contributed by atoms with Crippen LogP contribution in [0.2, 0.25) is 0 Å². The molecule has 0 fully saturated rings. The van der Waals surface area contributed by atoms with Gasteiger partial charge in [0.05, 0.1) is 7.11 Å². The second-order valence-corrected chi connectivity index (χ2v) is 4.95. The Labute approximate surface area is 83.6 Å². The molecule has 14 heavy (non-hydrogen) atoms. The smallest absolute Gasteiger partial charge is 0.179 e. The zero-order valence-corrected chi connectivity index (χ0v) is 8.97. The van der Waals surface area contributed by atoms with Gasteiger partial charge < -0.3 is 10.5 Å². The van der Waals surface area contributed by atoms with Crippen LogP contribution < -0.4 is 10.5 Å². The number of hydrogen-bond acceptors (Lipinski definition) is 4. The van der Waals surface area contributed by atoms with Crippen LogP contribution in [-0.4, -0.2) is 21.8 Å². The number of nitrogens with two attached hydrogens (primary N) is 1. The van der Waals surface area contributed by atoms with Gasteiger partial charge >= 0.3 is 0 Å². The SMILES string of the molecule is COc1ccc(CN)cc1S(C)(=O)=O. The van der Waals surface area contributed by atoms with Gasteiger partial charge in [0, 0.05) is 12.8 Å². The van der Waals surface area contributed by atoms with Crippen LogP contribution in [0.4, 0.5) is 0 Å². The fraction of sp³-hybridized carbons (Fsp3) is 0.333. The minimum absolute atomic E-state index is 0.183. The quantitative estimate of drug-likeness (QED) is 0.799. The van der Waals surface area contributed by atoms with E-state index in [9.17, 15) is 8.42 Å². The van der Waals surface area contributed by atoms with Gasteiger partial charge in [-0.25, -0.2) is 8.42 Å². The van der Waals surface area contributed by atoms with E-state index in [0.717, 1.165) is 11.8 Å². The topological polar surface area (TPSA) is 69.4 Å².